The fourth-order valence-corrected chi connectivity index (χ4v) is 1.49. The van der Waals surface area contributed by atoms with Gasteiger partial charge in [-0.05, 0) is 43.0 Å². The van der Waals surface area contributed by atoms with Gasteiger partial charge < -0.3 is 5.32 Å². The Hall–Kier alpha value is -1.33. The van der Waals surface area contributed by atoms with E-state index in [-0.39, 0.29) is 0 Å². The molecule has 1 aliphatic rings. The van der Waals surface area contributed by atoms with E-state index < -0.39 is 0 Å². The number of benzene rings is 1. The second-order valence-corrected chi connectivity index (χ2v) is 3.89. The molecule has 0 radical (unpaired) electrons. The SMILES string of the molecule is N#Cc1cccc(CNCC2CC2)c1. The molecular formula is C12H14N2. The molecule has 2 nitrogen and oxygen atoms in total. The molecule has 0 amide bonds. The van der Waals surface area contributed by atoms with E-state index in [9.17, 15) is 0 Å². The summed E-state index contributed by atoms with van der Waals surface area (Å²) in [6.45, 7) is 2.00. The van der Waals surface area contributed by atoms with Crippen molar-refractivity contribution >= 4 is 0 Å². The highest BCUT2D eigenvalue weighted by atomic mass is 14.9. The molecule has 72 valence electrons. The molecule has 14 heavy (non-hydrogen) atoms. The quantitative estimate of drug-likeness (QED) is 0.781. The molecular weight excluding hydrogens is 172 g/mol. The fourth-order valence-electron chi connectivity index (χ4n) is 1.49. The first-order valence-corrected chi connectivity index (χ1v) is 5.08. The number of nitrogens with one attached hydrogen (secondary N) is 1. The highest BCUT2D eigenvalue weighted by Gasteiger charge is 2.19. The minimum atomic E-state index is 0.746. The lowest BCUT2D eigenvalue weighted by atomic mass is 10.1. The second-order valence-electron chi connectivity index (χ2n) is 3.89. The maximum Gasteiger partial charge on any atom is 0.0991 e. The van der Waals surface area contributed by atoms with Crippen LogP contribution in [-0.2, 0) is 6.54 Å². The Bertz CT molecular complexity index is 348. The minimum absolute atomic E-state index is 0.746. The van der Waals surface area contributed by atoms with Crippen LogP contribution >= 0.6 is 0 Å². The number of rotatable bonds is 4. The Morgan fingerprint density at radius 2 is 2.29 bits per heavy atom. The molecule has 0 bridgehead atoms. The van der Waals surface area contributed by atoms with Crippen molar-refractivity contribution in [3.8, 4) is 6.07 Å². The van der Waals surface area contributed by atoms with Gasteiger partial charge in [0.05, 0.1) is 11.6 Å². The van der Waals surface area contributed by atoms with Crippen molar-refractivity contribution in [1.29, 1.82) is 5.26 Å². The summed E-state index contributed by atoms with van der Waals surface area (Å²) in [5.74, 6) is 0.911. The third kappa shape index (κ3) is 2.58. The average Bonchev–Trinajstić information content (AvgIpc) is 3.02. The van der Waals surface area contributed by atoms with E-state index in [0.29, 0.717) is 0 Å². The van der Waals surface area contributed by atoms with Gasteiger partial charge in [0.2, 0.25) is 0 Å². The van der Waals surface area contributed by atoms with Crippen molar-refractivity contribution in [2.75, 3.05) is 6.54 Å². The summed E-state index contributed by atoms with van der Waals surface area (Å²) in [6, 6.07) is 9.93. The summed E-state index contributed by atoms with van der Waals surface area (Å²) in [5.41, 5.74) is 1.94. The second kappa shape index (κ2) is 4.26. The van der Waals surface area contributed by atoms with E-state index in [1.165, 1.54) is 18.4 Å². The van der Waals surface area contributed by atoms with E-state index in [0.717, 1.165) is 24.6 Å². The highest BCUT2D eigenvalue weighted by Crippen LogP contribution is 2.27. The van der Waals surface area contributed by atoms with E-state index >= 15 is 0 Å². The van der Waals surface area contributed by atoms with Crippen LogP contribution in [0.1, 0.15) is 24.0 Å². The van der Waals surface area contributed by atoms with E-state index in [2.05, 4.69) is 17.5 Å². The highest BCUT2D eigenvalue weighted by molar-refractivity contribution is 5.32. The zero-order chi connectivity index (χ0) is 9.80. The Kier molecular flexibility index (Phi) is 2.81. The number of nitrogens with zero attached hydrogens (tertiary/aromatic N) is 1. The largest absolute Gasteiger partial charge is 0.312 e. The van der Waals surface area contributed by atoms with Gasteiger partial charge in [-0.25, -0.2) is 0 Å². The molecule has 0 aliphatic heterocycles. The van der Waals surface area contributed by atoms with Gasteiger partial charge in [0.25, 0.3) is 0 Å². The molecule has 0 heterocycles. The van der Waals surface area contributed by atoms with Crippen LogP contribution in [-0.4, -0.2) is 6.54 Å². The van der Waals surface area contributed by atoms with Gasteiger partial charge in [-0.15, -0.1) is 0 Å². The van der Waals surface area contributed by atoms with Crippen LogP contribution in [0, 0.1) is 17.2 Å². The van der Waals surface area contributed by atoms with Crippen molar-refractivity contribution in [3.05, 3.63) is 35.4 Å². The molecule has 1 aromatic carbocycles. The normalized spacial score (nSPS) is 15.1. The fraction of sp³-hybridized carbons (Fsp3) is 0.417. The van der Waals surface area contributed by atoms with Crippen molar-refractivity contribution in [1.82, 2.24) is 5.32 Å². The first kappa shape index (κ1) is 9.23. The molecule has 0 atom stereocenters. The summed E-state index contributed by atoms with van der Waals surface area (Å²) in [5, 5.41) is 12.1. The summed E-state index contributed by atoms with van der Waals surface area (Å²) in [7, 11) is 0. The molecule has 0 aromatic heterocycles. The van der Waals surface area contributed by atoms with Crippen LogP contribution < -0.4 is 5.32 Å². The molecule has 1 N–H and O–H groups in total. The Morgan fingerprint density at radius 3 is 3.00 bits per heavy atom. The van der Waals surface area contributed by atoms with Crippen molar-refractivity contribution in [2.24, 2.45) is 5.92 Å². The zero-order valence-corrected chi connectivity index (χ0v) is 8.16. The molecule has 1 saturated carbocycles. The smallest absolute Gasteiger partial charge is 0.0991 e. The standard InChI is InChI=1S/C12H14N2/c13-7-11-2-1-3-12(6-11)9-14-8-10-4-5-10/h1-3,6,10,14H,4-5,8-9H2. The molecule has 0 unspecified atom stereocenters. The Morgan fingerprint density at radius 1 is 1.43 bits per heavy atom. The Labute approximate surface area is 84.6 Å². The van der Waals surface area contributed by atoms with Crippen LogP contribution in [0.15, 0.2) is 24.3 Å². The average molecular weight is 186 g/mol. The predicted octanol–water partition coefficient (Wildman–Crippen LogP) is 2.06. The Balaban J connectivity index is 1.85. The van der Waals surface area contributed by atoms with Crippen molar-refractivity contribution < 1.29 is 0 Å². The summed E-state index contributed by atoms with van der Waals surface area (Å²) < 4.78 is 0. The van der Waals surface area contributed by atoms with Crippen molar-refractivity contribution in [3.63, 3.8) is 0 Å². The molecule has 2 rings (SSSR count). The maximum atomic E-state index is 8.72. The molecule has 1 aliphatic carbocycles. The minimum Gasteiger partial charge on any atom is -0.312 e. The summed E-state index contributed by atoms with van der Waals surface area (Å²) in [4.78, 5) is 0. The van der Waals surface area contributed by atoms with Gasteiger partial charge in [0.1, 0.15) is 0 Å². The monoisotopic (exact) mass is 186 g/mol. The predicted molar refractivity (Wildman–Crippen MR) is 55.6 cm³/mol. The van der Waals surface area contributed by atoms with E-state index in [1.807, 2.05) is 18.2 Å². The number of nitriles is 1. The number of hydrogen-bond acceptors (Lipinski definition) is 2. The van der Waals surface area contributed by atoms with Gasteiger partial charge in [-0.1, -0.05) is 12.1 Å². The van der Waals surface area contributed by atoms with Gasteiger partial charge in [-0.2, -0.15) is 5.26 Å². The van der Waals surface area contributed by atoms with Crippen LogP contribution in [0.4, 0.5) is 0 Å². The third-order valence-electron chi connectivity index (χ3n) is 2.52. The van der Waals surface area contributed by atoms with E-state index in [1.54, 1.807) is 0 Å². The van der Waals surface area contributed by atoms with Crippen LogP contribution in [0.25, 0.3) is 0 Å². The van der Waals surface area contributed by atoms with Gasteiger partial charge in [0.15, 0.2) is 0 Å². The molecule has 1 fully saturated rings. The van der Waals surface area contributed by atoms with Gasteiger partial charge >= 0.3 is 0 Å². The summed E-state index contributed by atoms with van der Waals surface area (Å²) in [6.07, 6.45) is 2.76. The lowest BCUT2D eigenvalue weighted by molar-refractivity contribution is 0.638. The van der Waals surface area contributed by atoms with Crippen LogP contribution in [0.3, 0.4) is 0 Å². The molecule has 0 spiro atoms. The van der Waals surface area contributed by atoms with Crippen LogP contribution in [0.2, 0.25) is 0 Å². The van der Waals surface area contributed by atoms with Crippen LogP contribution in [0.5, 0.6) is 0 Å². The molecule has 2 heteroatoms. The topological polar surface area (TPSA) is 35.8 Å². The molecule has 0 saturated heterocycles. The van der Waals surface area contributed by atoms with E-state index in [4.69, 9.17) is 5.26 Å². The first-order valence-electron chi connectivity index (χ1n) is 5.08. The summed E-state index contributed by atoms with van der Waals surface area (Å²) >= 11 is 0. The van der Waals surface area contributed by atoms with Gasteiger partial charge in [0, 0.05) is 6.54 Å². The van der Waals surface area contributed by atoms with Crippen molar-refractivity contribution in [2.45, 2.75) is 19.4 Å². The first-order chi connectivity index (χ1) is 6.88. The number of hydrogen-bond donors (Lipinski definition) is 1. The van der Waals surface area contributed by atoms with Gasteiger partial charge in [-0.3, -0.25) is 0 Å². The third-order valence-corrected chi connectivity index (χ3v) is 2.52. The lowest BCUT2D eigenvalue weighted by Crippen LogP contribution is -2.15. The molecule has 1 aromatic rings. The zero-order valence-electron chi connectivity index (χ0n) is 8.16. The lowest BCUT2D eigenvalue weighted by Gasteiger charge is -2.03. The maximum absolute atomic E-state index is 8.72.